The lowest BCUT2D eigenvalue weighted by molar-refractivity contribution is 0.112. The van der Waals surface area contributed by atoms with Gasteiger partial charge in [0.25, 0.3) is 0 Å². The van der Waals surface area contributed by atoms with E-state index >= 15 is 0 Å². The highest BCUT2D eigenvalue weighted by Crippen LogP contribution is 2.22. The number of nitrogens with zero attached hydrogens (tertiary/aromatic N) is 1. The van der Waals surface area contributed by atoms with E-state index in [9.17, 15) is 4.79 Å². The molecule has 0 bridgehead atoms. The van der Waals surface area contributed by atoms with Crippen molar-refractivity contribution in [3.63, 3.8) is 0 Å². The molecular formula is C8H4BrNO. The summed E-state index contributed by atoms with van der Waals surface area (Å²) in [6.07, 6.45) is 0.680. The van der Waals surface area contributed by atoms with Crippen LogP contribution in [0.4, 0.5) is 5.69 Å². The summed E-state index contributed by atoms with van der Waals surface area (Å²) in [6.45, 7) is 6.73. The molecule has 0 saturated heterocycles. The number of halogens is 1. The molecule has 0 radical (unpaired) electrons. The van der Waals surface area contributed by atoms with Gasteiger partial charge in [-0.3, -0.25) is 4.79 Å². The van der Waals surface area contributed by atoms with E-state index in [-0.39, 0.29) is 0 Å². The first kappa shape index (κ1) is 7.96. The Morgan fingerprint density at radius 2 is 2.27 bits per heavy atom. The molecule has 0 unspecified atom stereocenters. The minimum Gasteiger partial charge on any atom is -0.299 e. The Morgan fingerprint density at radius 3 is 2.82 bits per heavy atom. The second-order valence-electron chi connectivity index (χ2n) is 1.93. The Bertz CT molecular complexity index is 327. The first-order chi connectivity index (χ1) is 5.27. The number of carbonyl (C=O) groups excluding carboxylic acids is 1. The number of rotatable bonds is 1. The minimum atomic E-state index is 0.384. The fraction of sp³-hybridized carbons (Fsp3) is 0. The van der Waals surface area contributed by atoms with Crippen LogP contribution in [0, 0.1) is 6.57 Å². The van der Waals surface area contributed by atoms with Gasteiger partial charge >= 0.3 is 0 Å². The molecule has 0 aliphatic rings. The van der Waals surface area contributed by atoms with Crippen molar-refractivity contribution in [2.24, 2.45) is 0 Å². The zero-order valence-electron chi connectivity index (χ0n) is 5.54. The summed E-state index contributed by atoms with van der Waals surface area (Å²) < 4.78 is 0.814. The summed E-state index contributed by atoms with van der Waals surface area (Å²) in [4.78, 5) is 13.5. The van der Waals surface area contributed by atoms with Crippen molar-refractivity contribution < 1.29 is 4.79 Å². The van der Waals surface area contributed by atoms with Crippen LogP contribution < -0.4 is 0 Å². The van der Waals surface area contributed by atoms with Gasteiger partial charge in [-0.1, -0.05) is 22.0 Å². The summed E-state index contributed by atoms with van der Waals surface area (Å²) in [6, 6.07) is 4.97. The van der Waals surface area contributed by atoms with Crippen LogP contribution in [-0.2, 0) is 0 Å². The van der Waals surface area contributed by atoms with Crippen molar-refractivity contribution in [2.45, 2.75) is 0 Å². The number of benzene rings is 1. The lowest BCUT2D eigenvalue weighted by atomic mass is 10.2. The van der Waals surface area contributed by atoms with Crippen LogP contribution in [0.2, 0.25) is 0 Å². The molecule has 2 nitrogen and oxygen atoms in total. The predicted molar refractivity (Wildman–Crippen MR) is 45.8 cm³/mol. The molecule has 3 heteroatoms. The van der Waals surface area contributed by atoms with Gasteiger partial charge in [-0.25, -0.2) is 4.85 Å². The van der Waals surface area contributed by atoms with Gasteiger partial charge < -0.3 is 0 Å². The maximum atomic E-state index is 10.3. The third kappa shape index (κ3) is 1.66. The maximum absolute atomic E-state index is 10.3. The monoisotopic (exact) mass is 209 g/mol. The second kappa shape index (κ2) is 3.31. The van der Waals surface area contributed by atoms with Crippen molar-refractivity contribution in [3.05, 3.63) is 39.7 Å². The zero-order valence-corrected chi connectivity index (χ0v) is 7.13. The van der Waals surface area contributed by atoms with Crippen LogP contribution in [0.5, 0.6) is 0 Å². The number of carbonyl (C=O) groups is 1. The Morgan fingerprint density at radius 1 is 1.55 bits per heavy atom. The Kier molecular flexibility index (Phi) is 2.40. The van der Waals surface area contributed by atoms with E-state index < -0.39 is 0 Å². The van der Waals surface area contributed by atoms with Gasteiger partial charge in [-0.2, -0.15) is 0 Å². The van der Waals surface area contributed by atoms with E-state index in [1.807, 2.05) is 0 Å². The van der Waals surface area contributed by atoms with E-state index in [2.05, 4.69) is 20.8 Å². The molecule has 0 aliphatic heterocycles. The average molecular weight is 210 g/mol. The van der Waals surface area contributed by atoms with Crippen molar-refractivity contribution in [1.29, 1.82) is 0 Å². The van der Waals surface area contributed by atoms with Crippen molar-refractivity contribution in [1.82, 2.24) is 0 Å². The quantitative estimate of drug-likeness (QED) is 0.515. The molecule has 0 fully saturated rings. The van der Waals surface area contributed by atoms with Crippen molar-refractivity contribution >= 4 is 27.9 Å². The van der Waals surface area contributed by atoms with Crippen molar-refractivity contribution in [3.8, 4) is 0 Å². The van der Waals surface area contributed by atoms with Gasteiger partial charge in [-0.05, 0) is 12.1 Å². The summed E-state index contributed by atoms with van der Waals surface area (Å²) >= 11 is 3.21. The van der Waals surface area contributed by atoms with Crippen molar-refractivity contribution in [2.75, 3.05) is 0 Å². The normalized spacial score (nSPS) is 8.73. The molecule has 0 saturated carbocycles. The molecule has 11 heavy (non-hydrogen) atoms. The Hall–Kier alpha value is -1.14. The first-order valence-electron chi connectivity index (χ1n) is 2.90. The molecule has 1 aromatic carbocycles. The summed E-state index contributed by atoms with van der Waals surface area (Å²) in [5.74, 6) is 0. The highest BCUT2D eigenvalue weighted by Gasteiger charge is 1.99. The lowest BCUT2D eigenvalue weighted by Crippen LogP contribution is -1.78. The molecule has 1 aromatic rings. The smallest absolute Gasteiger partial charge is 0.198 e. The van der Waals surface area contributed by atoms with Crippen LogP contribution in [0.1, 0.15) is 10.4 Å². The average Bonchev–Trinajstić information content (AvgIpc) is 2.04. The van der Waals surface area contributed by atoms with Gasteiger partial charge in [0.2, 0.25) is 0 Å². The third-order valence-corrected chi connectivity index (χ3v) is 1.73. The van der Waals surface area contributed by atoms with Crippen LogP contribution in [0.25, 0.3) is 4.85 Å². The van der Waals surface area contributed by atoms with Crippen LogP contribution in [-0.4, -0.2) is 6.29 Å². The SMILES string of the molecule is [C-]#[N+]c1cc(Br)ccc1C=O. The molecule has 0 spiro atoms. The second-order valence-corrected chi connectivity index (χ2v) is 2.85. The van der Waals surface area contributed by atoms with Gasteiger partial charge in [-0.15, -0.1) is 0 Å². The Balaban J connectivity index is 3.30. The molecule has 54 valence electrons. The maximum Gasteiger partial charge on any atom is 0.198 e. The lowest BCUT2D eigenvalue weighted by Gasteiger charge is -1.94. The zero-order chi connectivity index (χ0) is 8.27. The Labute approximate surface area is 72.8 Å². The van der Waals surface area contributed by atoms with Gasteiger partial charge in [0, 0.05) is 10.0 Å². The molecule has 0 atom stereocenters. The fourth-order valence-electron chi connectivity index (χ4n) is 0.713. The number of hydrogen-bond acceptors (Lipinski definition) is 1. The fourth-order valence-corrected chi connectivity index (χ4v) is 1.06. The molecule has 0 amide bonds. The van der Waals surface area contributed by atoms with E-state index in [0.717, 1.165) is 4.47 Å². The highest BCUT2D eigenvalue weighted by atomic mass is 79.9. The van der Waals surface area contributed by atoms with E-state index in [1.54, 1.807) is 18.2 Å². The van der Waals surface area contributed by atoms with Gasteiger partial charge in [0.05, 0.1) is 6.57 Å². The third-order valence-electron chi connectivity index (χ3n) is 1.24. The largest absolute Gasteiger partial charge is 0.299 e. The topological polar surface area (TPSA) is 21.4 Å². The molecule has 0 heterocycles. The summed E-state index contributed by atoms with van der Waals surface area (Å²) in [5.41, 5.74) is 0.817. The standard InChI is InChI=1S/C8H4BrNO/c1-10-8-4-7(9)3-2-6(8)5-11/h2-5H. The van der Waals surface area contributed by atoms with E-state index in [4.69, 9.17) is 6.57 Å². The number of hydrogen-bond donors (Lipinski definition) is 0. The summed E-state index contributed by atoms with van der Waals surface area (Å²) in [5, 5.41) is 0. The first-order valence-corrected chi connectivity index (χ1v) is 3.69. The minimum absolute atomic E-state index is 0.384. The predicted octanol–water partition coefficient (Wildman–Crippen LogP) is 2.81. The highest BCUT2D eigenvalue weighted by molar-refractivity contribution is 9.10. The van der Waals surface area contributed by atoms with Crippen LogP contribution in [0.15, 0.2) is 22.7 Å². The molecule has 0 N–H and O–H groups in total. The van der Waals surface area contributed by atoms with Gasteiger partial charge in [0.15, 0.2) is 5.69 Å². The van der Waals surface area contributed by atoms with E-state index in [1.165, 1.54) is 0 Å². The number of aldehydes is 1. The molecule has 1 rings (SSSR count). The molecule has 0 aliphatic carbocycles. The van der Waals surface area contributed by atoms with Gasteiger partial charge in [0.1, 0.15) is 6.29 Å². The molecular weight excluding hydrogens is 206 g/mol. The summed E-state index contributed by atoms with van der Waals surface area (Å²) in [7, 11) is 0. The van der Waals surface area contributed by atoms with Crippen LogP contribution in [0.3, 0.4) is 0 Å². The van der Waals surface area contributed by atoms with E-state index in [0.29, 0.717) is 17.5 Å². The van der Waals surface area contributed by atoms with Crippen LogP contribution >= 0.6 is 15.9 Å². The molecule has 0 aromatic heterocycles.